The van der Waals surface area contributed by atoms with Crippen molar-refractivity contribution in [1.82, 2.24) is 25.2 Å². The number of likely N-dealkylation sites (tertiary alicyclic amines) is 1. The van der Waals surface area contributed by atoms with Gasteiger partial charge in [0, 0.05) is 48.7 Å². The Bertz CT molecular complexity index is 1350. The number of carbonyl (C=O) groups is 2. The molecular weight excluding hydrogens is 438 g/mol. The minimum atomic E-state index is -0.177. The lowest BCUT2D eigenvalue weighted by molar-refractivity contribution is -0.126. The van der Waals surface area contributed by atoms with Crippen molar-refractivity contribution in [2.75, 3.05) is 19.6 Å². The maximum Gasteiger partial charge on any atom is 0.253 e. The van der Waals surface area contributed by atoms with Gasteiger partial charge in [0.2, 0.25) is 5.91 Å². The van der Waals surface area contributed by atoms with Crippen LogP contribution in [0.15, 0.2) is 48.7 Å². The highest BCUT2D eigenvalue weighted by Crippen LogP contribution is 2.22. The third-order valence-electron chi connectivity index (χ3n) is 6.83. The second-order valence-electron chi connectivity index (χ2n) is 10.0. The van der Waals surface area contributed by atoms with Crippen molar-refractivity contribution in [2.24, 2.45) is 11.8 Å². The Morgan fingerprint density at radius 2 is 2.03 bits per heavy atom. The average Bonchev–Trinajstić information content (AvgIpc) is 3.46. The van der Waals surface area contributed by atoms with Gasteiger partial charge in [0.05, 0.1) is 17.0 Å². The molecule has 0 radical (unpaired) electrons. The van der Waals surface area contributed by atoms with Gasteiger partial charge in [0.1, 0.15) is 5.82 Å². The standard InChI is InChI=1S/C28H33N5O2/c1-18(2)14-26-31-24-10-9-19(15-25(24)32-26)28(35)33-13-5-6-21(17-33)27(34)29-12-11-20-16-30-23-8-4-3-7-22(20)23/h3-4,7-10,15-16,18,21,30H,5-6,11-14,17H2,1-2H3,(H,29,34)(H,31,32)/t21-/m1/s1. The van der Waals surface area contributed by atoms with Crippen LogP contribution in [-0.4, -0.2) is 51.3 Å². The predicted molar refractivity (Wildman–Crippen MR) is 138 cm³/mol. The van der Waals surface area contributed by atoms with Gasteiger partial charge in [0.15, 0.2) is 0 Å². The van der Waals surface area contributed by atoms with E-state index in [-0.39, 0.29) is 17.7 Å². The van der Waals surface area contributed by atoms with Gasteiger partial charge >= 0.3 is 0 Å². The largest absolute Gasteiger partial charge is 0.361 e. The summed E-state index contributed by atoms with van der Waals surface area (Å²) in [4.78, 5) is 39.2. The number of aromatic amines is 2. The molecule has 35 heavy (non-hydrogen) atoms. The number of amides is 2. The Balaban J connectivity index is 1.18. The molecule has 2 aromatic heterocycles. The van der Waals surface area contributed by atoms with E-state index in [1.165, 1.54) is 10.9 Å². The molecule has 0 bridgehead atoms. The fraction of sp³-hybridized carbons (Fsp3) is 0.393. The molecule has 0 unspecified atom stereocenters. The van der Waals surface area contributed by atoms with Crippen LogP contribution in [0.4, 0.5) is 0 Å². The van der Waals surface area contributed by atoms with Crippen molar-refractivity contribution >= 4 is 33.8 Å². The summed E-state index contributed by atoms with van der Waals surface area (Å²) in [6.45, 7) is 6.04. The summed E-state index contributed by atoms with van der Waals surface area (Å²) in [7, 11) is 0. The molecule has 1 aliphatic heterocycles. The number of para-hydroxylation sites is 1. The Morgan fingerprint density at radius 3 is 2.89 bits per heavy atom. The number of benzene rings is 2. The summed E-state index contributed by atoms with van der Waals surface area (Å²) in [5.74, 6) is 1.29. The SMILES string of the molecule is CC(C)Cc1nc2ccc(C(=O)N3CCC[C@@H](C(=O)NCCc4c[nH]c5ccccc45)C3)cc2[nH]1. The Morgan fingerprint density at radius 1 is 1.17 bits per heavy atom. The lowest BCUT2D eigenvalue weighted by Crippen LogP contribution is -2.45. The van der Waals surface area contributed by atoms with E-state index < -0.39 is 0 Å². The molecule has 182 valence electrons. The molecule has 1 aliphatic rings. The Hall–Kier alpha value is -3.61. The molecule has 7 nitrogen and oxygen atoms in total. The van der Waals surface area contributed by atoms with Crippen molar-refractivity contribution in [2.45, 2.75) is 39.5 Å². The molecule has 3 N–H and O–H groups in total. The van der Waals surface area contributed by atoms with E-state index in [2.05, 4.69) is 46.2 Å². The monoisotopic (exact) mass is 471 g/mol. The first kappa shape index (κ1) is 23.1. The van der Waals surface area contributed by atoms with Crippen LogP contribution < -0.4 is 5.32 Å². The zero-order valence-corrected chi connectivity index (χ0v) is 20.4. The van der Waals surface area contributed by atoms with Crippen molar-refractivity contribution in [1.29, 1.82) is 0 Å². The highest BCUT2D eigenvalue weighted by molar-refractivity contribution is 5.97. The van der Waals surface area contributed by atoms with Gasteiger partial charge < -0.3 is 20.2 Å². The maximum absolute atomic E-state index is 13.2. The second-order valence-corrected chi connectivity index (χ2v) is 10.0. The fourth-order valence-electron chi connectivity index (χ4n) is 5.04. The smallest absolute Gasteiger partial charge is 0.253 e. The van der Waals surface area contributed by atoms with Gasteiger partial charge in [-0.2, -0.15) is 0 Å². The van der Waals surface area contributed by atoms with E-state index >= 15 is 0 Å². The number of imidazole rings is 1. The summed E-state index contributed by atoms with van der Waals surface area (Å²) in [5.41, 5.74) is 4.71. The molecule has 4 aromatic rings. The first-order valence-corrected chi connectivity index (χ1v) is 12.6. The molecule has 0 aliphatic carbocycles. The number of piperidine rings is 1. The molecule has 1 saturated heterocycles. The molecule has 0 saturated carbocycles. The van der Waals surface area contributed by atoms with Gasteiger partial charge in [-0.05, 0) is 55.0 Å². The molecule has 0 spiro atoms. The zero-order chi connectivity index (χ0) is 24.4. The Labute approximate surface area is 205 Å². The number of fused-ring (bicyclic) bond motifs is 2. The van der Waals surface area contributed by atoms with Crippen LogP contribution in [0.5, 0.6) is 0 Å². The van der Waals surface area contributed by atoms with Crippen molar-refractivity contribution in [3.8, 4) is 0 Å². The molecule has 7 heteroatoms. The number of hydrogen-bond acceptors (Lipinski definition) is 3. The topological polar surface area (TPSA) is 93.9 Å². The molecule has 2 aromatic carbocycles. The third-order valence-corrected chi connectivity index (χ3v) is 6.83. The van der Waals surface area contributed by atoms with Crippen LogP contribution in [0.2, 0.25) is 0 Å². The van der Waals surface area contributed by atoms with Crippen LogP contribution >= 0.6 is 0 Å². The van der Waals surface area contributed by atoms with Gasteiger partial charge in [-0.1, -0.05) is 32.0 Å². The van der Waals surface area contributed by atoms with E-state index in [1.807, 2.05) is 41.4 Å². The number of nitrogens with one attached hydrogen (secondary N) is 3. The fourth-order valence-corrected chi connectivity index (χ4v) is 5.04. The summed E-state index contributed by atoms with van der Waals surface area (Å²) in [6, 6.07) is 13.8. The van der Waals surface area contributed by atoms with E-state index in [4.69, 9.17) is 0 Å². The van der Waals surface area contributed by atoms with Crippen molar-refractivity contribution in [3.63, 3.8) is 0 Å². The van der Waals surface area contributed by atoms with E-state index in [1.54, 1.807) is 0 Å². The molecule has 5 rings (SSSR count). The Kier molecular flexibility index (Phi) is 6.57. The lowest BCUT2D eigenvalue weighted by Gasteiger charge is -2.32. The van der Waals surface area contributed by atoms with E-state index in [9.17, 15) is 9.59 Å². The van der Waals surface area contributed by atoms with Gasteiger partial charge in [-0.15, -0.1) is 0 Å². The third kappa shape index (κ3) is 5.09. The molecule has 3 heterocycles. The first-order valence-electron chi connectivity index (χ1n) is 12.6. The van der Waals surface area contributed by atoms with Crippen LogP contribution in [0, 0.1) is 11.8 Å². The zero-order valence-electron chi connectivity index (χ0n) is 20.4. The number of hydrogen-bond donors (Lipinski definition) is 3. The van der Waals surface area contributed by atoms with Gasteiger partial charge in [-0.3, -0.25) is 9.59 Å². The summed E-state index contributed by atoms with van der Waals surface area (Å²) >= 11 is 0. The second kappa shape index (κ2) is 9.94. The van der Waals surface area contributed by atoms with E-state index in [0.29, 0.717) is 31.1 Å². The molecule has 1 fully saturated rings. The quantitative estimate of drug-likeness (QED) is 0.372. The first-order chi connectivity index (χ1) is 17.0. The number of rotatable bonds is 7. The molecule has 2 amide bonds. The summed E-state index contributed by atoms with van der Waals surface area (Å²) in [5, 5.41) is 4.29. The normalized spacial score (nSPS) is 16.3. The number of H-pyrrole nitrogens is 2. The van der Waals surface area contributed by atoms with Crippen LogP contribution in [0.25, 0.3) is 21.9 Å². The minimum absolute atomic E-state index is 0.0248. The van der Waals surface area contributed by atoms with Crippen LogP contribution in [0.1, 0.15) is 48.4 Å². The molecular formula is C28H33N5O2. The summed E-state index contributed by atoms with van der Waals surface area (Å²) in [6.07, 6.45) is 5.30. The number of nitrogens with zero attached hydrogens (tertiary/aromatic N) is 2. The predicted octanol–water partition coefficient (Wildman–Crippen LogP) is 4.45. The molecule has 1 atom stereocenters. The minimum Gasteiger partial charge on any atom is -0.361 e. The van der Waals surface area contributed by atoms with Crippen molar-refractivity contribution in [3.05, 3.63) is 65.6 Å². The summed E-state index contributed by atoms with van der Waals surface area (Å²) < 4.78 is 0. The number of aromatic nitrogens is 3. The highest BCUT2D eigenvalue weighted by atomic mass is 16.2. The van der Waals surface area contributed by atoms with Gasteiger partial charge in [0.25, 0.3) is 5.91 Å². The van der Waals surface area contributed by atoms with Gasteiger partial charge in [-0.25, -0.2) is 4.98 Å². The van der Waals surface area contributed by atoms with Crippen molar-refractivity contribution < 1.29 is 9.59 Å². The highest BCUT2D eigenvalue weighted by Gasteiger charge is 2.29. The maximum atomic E-state index is 13.2. The average molecular weight is 472 g/mol. The van der Waals surface area contributed by atoms with Crippen LogP contribution in [-0.2, 0) is 17.6 Å². The number of carbonyl (C=O) groups excluding carboxylic acids is 2. The lowest BCUT2D eigenvalue weighted by atomic mass is 9.96. The van der Waals surface area contributed by atoms with Crippen LogP contribution in [0.3, 0.4) is 0 Å². The van der Waals surface area contributed by atoms with E-state index in [0.717, 1.165) is 48.1 Å².